The van der Waals surface area contributed by atoms with Crippen molar-refractivity contribution in [2.24, 2.45) is 0 Å². The van der Waals surface area contributed by atoms with E-state index in [9.17, 15) is 5.11 Å². The van der Waals surface area contributed by atoms with E-state index in [1.54, 1.807) is 0 Å². The second-order valence-corrected chi connectivity index (χ2v) is 6.12. The topological polar surface area (TPSA) is 41.5 Å². The van der Waals surface area contributed by atoms with Gasteiger partial charge in [0.25, 0.3) is 0 Å². The molecule has 3 rings (SSSR count). The molecule has 110 valence electrons. The minimum Gasteiger partial charge on any atom is -0.394 e. The van der Waals surface area contributed by atoms with Gasteiger partial charge in [-0.15, -0.1) is 0 Å². The second kappa shape index (κ2) is 6.25. The molecule has 0 radical (unpaired) electrons. The average Bonchev–Trinajstić information content (AvgIpc) is 2.94. The van der Waals surface area contributed by atoms with Crippen molar-refractivity contribution in [2.45, 2.75) is 50.2 Å². The Bertz CT molecular complexity index is 442. The van der Waals surface area contributed by atoms with Crippen molar-refractivity contribution < 1.29 is 9.84 Å². The van der Waals surface area contributed by atoms with Crippen LogP contribution in [-0.2, 0) is 16.7 Å². The number of aryl methyl sites for hydroxylation is 1. The lowest BCUT2D eigenvalue weighted by Gasteiger charge is -2.35. The Morgan fingerprint density at radius 1 is 1.25 bits per heavy atom. The monoisotopic (exact) mass is 275 g/mol. The van der Waals surface area contributed by atoms with E-state index >= 15 is 0 Å². The summed E-state index contributed by atoms with van der Waals surface area (Å²) >= 11 is 0. The number of nitrogens with one attached hydrogen (secondary N) is 1. The van der Waals surface area contributed by atoms with Crippen LogP contribution in [0.4, 0.5) is 0 Å². The van der Waals surface area contributed by atoms with Gasteiger partial charge in [-0.3, -0.25) is 0 Å². The van der Waals surface area contributed by atoms with E-state index in [0.717, 1.165) is 45.3 Å². The van der Waals surface area contributed by atoms with Gasteiger partial charge in [0.05, 0.1) is 18.2 Å². The van der Waals surface area contributed by atoms with Crippen LogP contribution in [-0.4, -0.2) is 31.0 Å². The summed E-state index contributed by atoms with van der Waals surface area (Å²) in [7, 11) is 0. The van der Waals surface area contributed by atoms with Crippen molar-refractivity contribution in [1.82, 2.24) is 5.32 Å². The molecule has 0 amide bonds. The van der Waals surface area contributed by atoms with Gasteiger partial charge in [0.2, 0.25) is 0 Å². The maximum atomic E-state index is 10.1. The number of aliphatic hydroxyl groups is 1. The molecule has 3 heteroatoms. The van der Waals surface area contributed by atoms with Crippen molar-refractivity contribution in [3.05, 3.63) is 35.4 Å². The zero-order valence-electron chi connectivity index (χ0n) is 12.1. The van der Waals surface area contributed by atoms with Crippen molar-refractivity contribution in [1.29, 1.82) is 0 Å². The Kier molecular flexibility index (Phi) is 4.39. The molecule has 1 heterocycles. The highest BCUT2D eigenvalue weighted by molar-refractivity contribution is 5.35. The highest BCUT2D eigenvalue weighted by atomic mass is 16.5. The summed E-state index contributed by atoms with van der Waals surface area (Å²) in [6, 6.07) is 8.58. The molecule has 1 aromatic rings. The molecule has 1 saturated heterocycles. The zero-order chi connectivity index (χ0) is 13.8. The third kappa shape index (κ3) is 2.76. The Hall–Kier alpha value is -0.900. The van der Waals surface area contributed by atoms with Crippen molar-refractivity contribution in [3.8, 4) is 0 Å². The van der Waals surface area contributed by atoms with Gasteiger partial charge in [-0.1, -0.05) is 30.7 Å². The molecule has 2 atom stereocenters. The summed E-state index contributed by atoms with van der Waals surface area (Å²) in [4.78, 5) is 0. The lowest BCUT2D eigenvalue weighted by molar-refractivity contribution is 0.0841. The summed E-state index contributed by atoms with van der Waals surface area (Å²) in [5.41, 5.74) is 2.40. The third-order valence-electron chi connectivity index (χ3n) is 4.79. The van der Waals surface area contributed by atoms with Gasteiger partial charge in [0.1, 0.15) is 0 Å². The summed E-state index contributed by atoms with van der Waals surface area (Å²) in [6.07, 6.45) is 7.11. The van der Waals surface area contributed by atoms with Crippen molar-refractivity contribution in [3.63, 3.8) is 0 Å². The highest BCUT2D eigenvalue weighted by Gasteiger charge is 2.35. The lowest BCUT2D eigenvalue weighted by atomic mass is 9.85. The van der Waals surface area contributed by atoms with E-state index in [0.29, 0.717) is 6.10 Å². The van der Waals surface area contributed by atoms with E-state index in [4.69, 9.17) is 4.74 Å². The van der Waals surface area contributed by atoms with Crippen LogP contribution < -0.4 is 5.32 Å². The number of ether oxygens (including phenoxy) is 1. The number of hydrogen-bond acceptors (Lipinski definition) is 3. The van der Waals surface area contributed by atoms with Crippen molar-refractivity contribution in [2.75, 3.05) is 19.8 Å². The zero-order valence-corrected chi connectivity index (χ0v) is 12.1. The van der Waals surface area contributed by atoms with Gasteiger partial charge in [-0.2, -0.15) is 0 Å². The fraction of sp³-hybridized carbons (Fsp3) is 0.647. The van der Waals surface area contributed by atoms with E-state index in [2.05, 4.69) is 29.6 Å². The first kappa shape index (κ1) is 14.1. The number of hydrogen-bond donors (Lipinski definition) is 2. The fourth-order valence-electron chi connectivity index (χ4n) is 3.60. The normalized spacial score (nSPS) is 29.9. The van der Waals surface area contributed by atoms with Gasteiger partial charge < -0.3 is 15.2 Å². The second-order valence-electron chi connectivity index (χ2n) is 6.12. The van der Waals surface area contributed by atoms with E-state index in [1.165, 1.54) is 17.5 Å². The van der Waals surface area contributed by atoms with Crippen LogP contribution in [0, 0.1) is 0 Å². The summed E-state index contributed by atoms with van der Waals surface area (Å²) in [6.45, 7) is 1.89. The molecule has 1 aliphatic carbocycles. The van der Waals surface area contributed by atoms with Crippen LogP contribution in [0.5, 0.6) is 0 Å². The molecule has 0 aromatic heterocycles. The Morgan fingerprint density at radius 2 is 2.15 bits per heavy atom. The van der Waals surface area contributed by atoms with Gasteiger partial charge >= 0.3 is 0 Å². The third-order valence-corrected chi connectivity index (χ3v) is 4.79. The molecular weight excluding hydrogens is 250 g/mol. The van der Waals surface area contributed by atoms with Crippen LogP contribution in [0.1, 0.15) is 43.2 Å². The molecule has 2 aliphatic rings. The molecular formula is C17H25NO2. The SMILES string of the molecule is OCC1(NCC2CCCO2)CCCCc2ccccc21. The average molecular weight is 275 g/mol. The van der Waals surface area contributed by atoms with E-state index in [1.807, 2.05) is 0 Å². The Balaban J connectivity index is 1.82. The van der Waals surface area contributed by atoms with Gasteiger partial charge in [0.15, 0.2) is 0 Å². The first-order chi connectivity index (χ1) is 9.84. The standard InChI is InChI=1S/C17H25NO2/c19-13-17(18-12-15-8-5-11-20-15)10-4-3-7-14-6-1-2-9-16(14)17/h1-2,6,9,15,18-19H,3-5,7-8,10-13H2. The number of fused-ring (bicyclic) bond motifs is 1. The molecule has 1 aliphatic heterocycles. The van der Waals surface area contributed by atoms with Crippen LogP contribution in [0.3, 0.4) is 0 Å². The first-order valence-corrected chi connectivity index (χ1v) is 7.90. The number of aliphatic hydroxyl groups excluding tert-OH is 1. The molecule has 0 bridgehead atoms. The van der Waals surface area contributed by atoms with Crippen LogP contribution in [0.2, 0.25) is 0 Å². The largest absolute Gasteiger partial charge is 0.394 e. The Labute approximate surface area is 121 Å². The number of benzene rings is 1. The van der Waals surface area contributed by atoms with Gasteiger partial charge in [0, 0.05) is 13.2 Å². The van der Waals surface area contributed by atoms with Crippen molar-refractivity contribution >= 4 is 0 Å². The van der Waals surface area contributed by atoms with E-state index in [-0.39, 0.29) is 12.1 Å². The molecule has 1 aromatic carbocycles. The maximum absolute atomic E-state index is 10.1. The predicted octanol–water partition coefficient (Wildman–Crippen LogP) is 2.37. The summed E-state index contributed by atoms with van der Waals surface area (Å²) in [5.74, 6) is 0. The molecule has 0 saturated carbocycles. The maximum Gasteiger partial charge on any atom is 0.0700 e. The van der Waals surface area contributed by atoms with Gasteiger partial charge in [-0.25, -0.2) is 0 Å². The lowest BCUT2D eigenvalue weighted by Crippen LogP contribution is -2.48. The molecule has 2 unspecified atom stereocenters. The fourth-order valence-corrected chi connectivity index (χ4v) is 3.60. The molecule has 0 spiro atoms. The molecule has 1 fully saturated rings. The van der Waals surface area contributed by atoms with Crippen LogP contribution in [0.25, 0.3) is 0 Å². The smallest absolute Gasteiger partial charge is 0.0700 e. The first-order valence-electron chi connectivity index (χ1n) is 7.90. The Morgan fingerprint density at radius 3 is 2.95 bits per heavy atom. The highest BCUT2D eigenvalue weighted by Crippen LogP contribution is 2.34. The summed E-state index contributed by atoms with van der Waals surface area (Å²) in [5, 5.41) is 13.7. The van der Waals surface area contributed by atoms with Crippen LogP contribution in [0.15, 0.2) is 24.3 Å². The molecule has 20 heavy (non-hydrogen) atoms. The molecule has 2 N–H and O–H groups in total. The molecule has 3 nitrogen and oxygen atoms in total. The summed E-state index contributed by atoms with van der Waals surface area (Å²) < 4.78 is 5.71. The minimum atomic E-state index is -0.279. The van der Waals surface area contributed by atoms with E-state index < -0.39 is 0 Å². The van der Waals surface area contributed by atoms with Gasteiger partial charge in [-0.05, 0) is 43.2 Å². The minimum absolute atomic E-state index is 0.163. The number of rotatable bonds is 4. The van der Waals surface area contributed by atoms with Crippen LogP contribution >= 0.6 is 0 Å². The predicted molar refractivity (Wildman–Crippen MR) is 79.7 cm³/mol. The quantitative estimate of drug-likeness (QED) is 0.829.